The summed E-state index contributed by atoms with van der Waals surface area (Å²) in [4.78, 5) is 9.15. The SMILES string of the molecule is CC#N.CC#N.CS(=O)(=O)N=C=O.CS(=O)(=O)NS(=O)(=O)C(F)(F)F.CS(=O)(=O)NS(=O)(=O)C(F)(F)F.CS(=O)(=O)NS(=O)(=O)C(F)(F)F.CS(=O)(=O)O.F.FF.O=S(=O)=O.[H-].[Li+].[Li+].[OH-]. The molecule has 0 rings (SSSR count). The van der Waals surface area contributed by atoms with Crippen molar-refractivity contribution in [1.29, 1.82) is 10.5 Å². The molecule has 0 radical (unpaired) electrons. The van der Waals surface area contributed by atoms with E-state index in [1.165, 1.54) is 13.8 Å². The van der Waals surface area contributed by atoms with Gasteiger partial charge >= 0.3 is 94.9 Å². The van der Waals surface area contributed by atoms with Crippen molar-refractivity contribution in [2.75, 3.05) is 31.3 Å². The largest absolute Gasteiger partial charge is 1.00 e. The molecule has 51 heteroatoms. The van der Waals surface area contributed by atoms with E-state index in [4.69, 9.17) is 41.6 Å². The van der Waals surface area contributed by atoms with Gasteiger partial charge in [0.1, 0.15) is 0 Å². The van der Waals surface area contributed by atoms with Gasteiger partial charge in [-0.3, -0.25) is 9.26 Å². The van der Waals surface area contributed by atoms with Gasteiger partial charge in [0.2, 0.25) is 30.1 Å². The Kier molecular flexibility index (Phi) is 59.7. The molecule has 0 saturated heterocycles. The van der Waals surface area contributed by atoms with E-state index in [9.17, 15) is 107 Å². The van der Waals surface area contributed by atoms with Gasteiger partial charge in [-0.1, -0.05) is 4.40 Å². The summed E-state index contributed by atoms with van der Waals surface area (Å²) in [5, 5.41) is 14.6. The molecule has 0 heterocycles. The molecule has 0 aromatic carbocycles. The average Bonchev–Trinajstić information content (AvgIpc) is 2.84. The van der Waals surface area contributed by atoms with Gasteiger partial charge in [-0.2, -0.15) is 58.5 Å². The van der Waals surface area contributed by atoms with E-state index >= 15 is 0 Å². The van der Waals surface area contributed by atoms with Crippen LogP contribution in [-0.2, 0) is 95.7 Å². The first kappa shape index (κ1) is 95.9. The molecule has 0 aliphatic carbocycles. The number of hydrogen-bond donors (Lipinski definition) is 4. The second-order valence-electron chi connectivity index (χ2n) is 7.71. The van der Waals surface area contributed by atoms with Gasteiger partial charge in [-0.25, -0.2) is 63.7 Å². The summed E-state index contributed by atoms with van der Waals surface area (Å²) in [6.07, 6.45) is 3.33. The quantitative estimate of drug-likeness (QED) is 0.0605. The zero-order valence-corrected chi connectivity index (χ0v) is 39.5. The van der Waals surface area contributed by atoms with Crippen LogP contribution in [0.25, 0.3) is 0 Å². The van der Waals surface area contributed by atoms with Gasteiger partial charge in [0, 0.05) is 23.0 Å². The molecule has 0 aromatic rings. The van der Waals surface area contributed by atoms with E-state index in [0.717, 1.165) is 12.3 Å². The molecule has 5 N–H and O–H groups in total. The van der Waals surface area contributed by atoms with E-state index in [-0.39, 0.29) is 49.3 Å². The van der Waals surface area contributed by atoms with Crippen molar-refractivity contribution in [3.63, 3.8) is 0 Å². The van der Waals surface area contributed by atoms with Crippen molar-refractivity contribution in [3.8, 4) is 12.1 Å². The molecule has 0 aromatic heterocycles. The van der Waals surface area contributed by atoms with Gasteiger partial charge in [-0.05, 0) is 0 Å². The molecule has 0 fully saturated rings. The number of hydrogen-bond acceptors (Lipinski definition) is 23. The van der Waals surface area contributed by atoms with Crippen LogP contribution in [0.1, 0.15) is 15.3 Å². The maximum absolute atomic E-state index is 11.4. The Labute approximate surface area is 383 Å². The van der Waals surface area contributed by atoms with Crippen molar-refractivity contribution in [2.24, 2.45) is 4.40 Å². The van der Waals surface area contributed by atoms with E-state index in [2.05, 4.69) is 4.40 Å². The Hall–Kier alpha value is -2.27. The summed E-state index contributed by atoms with van der Waals surface area (Å²) >= 11 is 0. The number of isocyanates is 1. The third kappa shape index (κ3) is 94.3. The van der Waals surface area contributed by atoms with Crippen LogP contribution < -0.4 is 50.1 Å². The fourth-order valence-electron chi connectivity index (χ4n) is 0.807. The number of nitrogens with one attached hydrogen (secondary N) is 3. The molecular weight excluding hydrogens is 1120 g/mol. The molecule has 0 spiro atoms. The monoisotopic (exact) mass is 1150 g/mol. The first-order chi connectivity index (χ1) is 25.5. The van der Waals surface area contributed by atoms with Crippen LogP contribution in [0.3, 0.4) is 0 Å². The first-order valence-corrected chi connectivity index (χ1v) is 25.9. The minimum absolute atomic E-state index is 0. The van der Waals surface area contributed by atoms with E-state index in [1.54, 1.807) is 12.1 Å². The molecule has 0 atom stereocenters. The zero-order valence-electron chi connectivity index (χ0n) is 33.1. The van der Waals surface area contributed by atoms with E-state index in [0.29, 0.717) is 37.4 Å². The van der Waals surface area contributed by atoms with Crippen LogP contribution in [0.5, 0.6) is 0 Å². The predicted molar refractivity (Wildman–Crippen MR) is 179 cm³/mol. The van der Waals surface area contributed by atoms with Crippen molar-refractivity contribution >= 4 is 97.0 Å². The number of nitriles is 2. The Morgan fingerprint density at radius 2 is 0.641 bits per heavy atom. The fourth-order valence-corrected chi connectivity index (χ4v) is 6.86. The predicted octanol–water partition coefficient (Wildman–Crippen LogP) is -8.07. The molecule has 0 aliphatic rings. The van der Waals surface area contributed by atoms with Gasteiger partial charge < -0.3 is 6.90 Å². The number of halogens is 12. The minimum atomic E-state index is -5.79. The van der Waals surface area contributed by atoms with Crippen molar-refractivity contribution in [3.05, 3.63) is 0 Å². The number of rotatable bonds is 7. The Bertz CT molecular complexity index is 2270. The van der Waals surface area contributed by atoms with Crippen LogP contribution in [0.4, 0.5) is 53.4 Å². The minimum Gasteiger partial charge on any atom is -1.00 e. The van der Waals surface area contributed by atoms with Crippen molar-refractivity contribution in [2.45, 2.75) is 30.4 Å². The maximum atomic E-state index is 11.4. The zero-order chi connectivity index (χ0) is 52.0. The summed E-state index contributed by atoms with van der Waals surface area (Å²) in [7, 11) is -40.9. The molecule has 0 unspecified atom stereocenters. The van der Waals surface area contributed by atoms with Gasteiger partial charge in [0.15, 0.2) is 0 Å². The molecule has 0 bridgehead atoms. The topological polar surface area (TPSA) is 488 Å². The van der Waals surface area contributed by atoms with Crippen molar-refractivity contribution < 1.29 is 187 Å². The second kappa shape index (κ2) is 39.9. The summed E-state index contributed by atoms with van der Waals surface area (Å²) in [5.74, 6) is 0. The standard InChI is InChI=1S/3C2H4F3NO4S2.C2H3NO3S.2C2H3N.CH4O3S.F2.FH.2Li.O3S.H2O.H/c3*1-11(7,8)6-12(9,10)2(3,4)5;1-7(5,6)3-2-4;2*1-2-3;1-5(2,3)4;1-2;;;;1-4(2)3;;/h3*6H,1H3;1H3;2*1H3;1H3,(H,2,3,4);;1H;;;;1H2;/q;;;;;;;;;2*+1;;;-1/p-1. The normalized spacial score (nSPS) is 11.0. The van der Waals surface area contributed by atoms with Crippen LogP contribution in [0.15, 0.2) is 4.40 Å². The molecular formula is C13H28F12Li2N6O22S9. The Morgan fingerprint density at radius 1 is 0.531 bits per heavy atom. The maximum Gasteiger partial charge on any atom is 1.00 e. The molecule has 64 heavy (non-hydrogen) atoms. The van der Waals surface area contributed by atoms with Crippen LogP contribution >= 0.6 is 0 Å². The first-order valence-electron chi connectivity index (χ1n) is 11.1. The molecule has 0 aliphatic heterocycles. The van der Waals surface area contributed by atoms with E-state index in [1.807, 2.05) is 0 Å². The summed E-state index contributed by atoms with van der Waals surface area (Å²) in [5.41, 5.74) is -16.8. The Morgan fingerprint density at radius 3 is 0.656 bits per heavy atom. The van der Waals surface area contributed by atoms with Gasteiger partial charge in [-0.15, -0.1) is 25.0 Å². The van der Waals surface area contributed by atoms with Gasteiger partial charge in [0.25, 0.3) is 26.2 Å². The molecule has 382 valence electrons. The summed E-state index contributed by atoms with van der Waals surface area (Å²) in [6.45, 7) is 2.86. The summed E-state index contributed by atoms with van der Waals surface area (Å²) < 4.78 is 315. The van der Waals surface area contributed by atoms with Crippen LogP contribution in [-0.4, -0.2) is 144 Å². The molecule has 28 nitrogen and oxygen atoms in total. The molecule has 0 saturated carbocycles. The number of carbonyl (C=O) groups excluding carboxylic acids is 1. The van der Waals surface area contributed by atoms with Crippen LogP contribution in [0, 0.1) is 22.7 Å². The fraction of sp³-hybridized carbons (Fsp3) is 0.769. The third-order valence-electron chi connectivity index (χ3n) is 1.90. The Balaban J connectivity index is -0.0000000392. The summed E-state index contributed by atoms with van der Waals surface area (Å²) in [6, 6.07) is 3.50. The smallest absolute Gasteiger partial charge is 1.00 e. The number of sulfonamides is 7. The average molecular weight is 1150 g/mol. The number of alkyl halides is 9. The van der Waals surface area contributed by atoms with Crippen LogP contribution in [0.2, 0.25) is 0 Å². The second-order valence-corrected chi connectivity index (χ2v) is 22.3. The third-order valence-corrected chi connectivity index (χ3v) is 10.4. The van der Waals surface area contributed by atoms with E-state index < -0.39 is 107 Å². The molecule has 0 amide bonds. The van der Waals surface area contributed by atoms with Crippen molar-refractivity contribution in [1.82, 2.24) is 12.4 Å². The number of nitrogens with zero attached hydrogens (tertiary/aromatic N) is 3. The van der Waals surface area contributed by atoms with Gasteiger partial charge in [0.05, 0.1) is 43.4 Å².